The van der Waals surface area contributed by atoms with Crippen molar-refractivity contribution in [3.05, 3.63) is 53.3 Å². The van der Waals surface area contributed by atoms with Gasteiger partial charge in [0.2, 0.25) is 0 Å². The first kappa shape index (κ1) is 18.5. The number of ether oxygens (including phenoxy) is 1. The summed E-state index contributed by atoms with van der Waals surface area (Å²) in [4.78, 5) is 9.77. The number of aromatic nitrogens is 2. The Hall–Kier alpha value is -1.81. The Morgan fingerprint density at radius 1 is 1.25 bits per heavy atom. The zero-order chi connectivity index (χ0) is 16.1. The molecule has 0 atom stereocenters. The number of fused-ring (bicyclic) bond motifs is 1. The van der Waals surface area contributed by atoms with Gasteiger partial charge in [-0.2, -0.15) is 0 Å². The van der Waals surface area contributed by atoms with Crippen molar-refractivity contribution in [1.29, 1.82) is 0 Å². The summed E-state index contributed by atoms with van der Waals surface area (Å²) in [6.07, 6.45) is 4.03. The minimum absolute atomic E-state index is 0. The predicted octanol–water partition coefficient (Wildman–Crippen LogP) is 2.89. The van der Waals surface area contributed by atoms with E-state index in [1.807, 2.05) is 46.4 Å². The third-order valence-electron chi connectivity index (χ3n) is 3.42. The van der Waals surface area contributed by atoms with Gasteiger partial charge in [0, 0.05) is 31.4 Å². The zero-order valence-electron chi connectivity index (χ0n) is 13.5. The van der Waals surface area contributed by atoms with Gasteiger partial charge in [-0.15, -0.1) is 35.3 Å². The number of hydrogen-bond donors (Lipinski definition) is 2. The van der Waals surface area contributed by atoms with Gasteiger partial charge in [-0.25, -0.2) is 4.98 Å². The van der Waals surface area contributed by atoms with Gasteiger partial charge in [-0.05, 0) is 17.7 Å². The lowest BCUT2D eigenvalue weighted by Gasteiger charge is -2.11. The SMILES string of the molecule is CN=C(NCc1ccc(OC)cc1)NCc1cn2ccsc2n1.I. The molecule has 6 nitrogen and oxygen atoms in total. The van der Waals surface area contributed by atoms with Gasteiger partial charge >= 0.3 is 0 Å². The highest BCUT2D eigenvalue weighted by molar-refractivity contribution is 14.0. The summed E-state index contributed by atoms with van der Waals surface area (Å²) in [5.41, 5.74) is 2.15. The van der Waals surface area contributed by atoms with Gasteiger partial charge in [-0.3, -0.25) is 9.39 Å². The van der Waals surface area contributed by atoms with Gasteiger partial charge in [0.25, 0.3) is 0 Å². The van der Waals surface area contributed by atoms with E-state index in [9.17, 15) is 0 Å². The molecule has 3 aromatic rings. The van der Waals surface area contributed by atoms with E-state index < -0.39 is 0 Å². The number of hydrogen-bond acceptors (Lipinski definition) is 4. The van der Waals surface area contributed by atoms with Crippen molar-refractivity contribution in [2.24, 2.45) is 4.99 Å². The summed E-state index contributed by atoms with van der Waals surface area (Å²) in [5.74, 6) is 1.60. The van der Waals surface area contributed by atoms with Gasteiger partial charge in [0.1, 0.15) is 5.75 Å². The molecule has 1 aromatic carbocycles. The van der Waals surface area contributed by atoms with Crippen LogP contribution in [0, 0.1) is 0 Å². The average Bonchev–Trinajstić information content (AvgIpc) is 3.17. The molecule has 0 bridgehead atoms. The number of imidazole rings is 1. The van der Waals surface area contributed by atoms with Crippen molar-refractivity contribution in [2.45, 2.75) is 13.1 Å². The minimum Gasteiger partial charge on any atom is -0.497 e. The molecule has 0 aliphatic heterocycles. The number of methoxy groups -OCH3 is 1. The molecule has 2 aromatic heterocycles. The van der Waals surface area contributed by atoms with Crippen LogP contribution >= 0.6 is 35.3 Å². The standard InChI is InChI=1S/C16H19N5OS.HI/c1-17-15(18-9-12-3-5-14(22-2)6-4-12)19-10-13-11-21-7-8-23-16(21)20-13;/h3-8,11H,9-10H2,1-2H3,(H2,17,18,19);1H. The van der Waals surface area contributed by atoms with Crippen LogP contribution in [-0.2, 0) is 13.1 Å². The molecule has 0 amide bonds. The lowest BCUT2D eigenvalue weighted by Crippen LogP contribution is -2.36. The van der Waals surface area contributed by atoms with Crippen molar-refractivity contribution in [3.63, 3.8) is 0 Å². The van der Waals surface area contributed by atoms with Crippen molar-refractivity contribution in [1.82, 2.24) is 20.0 Å². The second kappa shape index (κ2) is 8.88. The number of halogens is 1. The molecule has 0 aliphatic rings. The largest absolute Gasteiger partial charge is 0.497 e. The van der Waals surface area contributed by atoms with Gasteiger partial charge < -0.3 is 15.4 Å². The van der Waals surface area contributed by atoms with Gasteiger partial charge in [-0.1, -0.05) is 12.1 Å². The van der Waals surface area contributed by atoms with Crippen LogP contribution in [0.2, 0.25) is 0 Å². The first-order valence-electron chi connectivity index (χ1n) is 7.27. The first-order chi connectivity index (χ1) is 11.3. The van der Waals surface area contributed by atoms with E-state index in [1.165, 1.54) is 0 Å². The number of rotatable bonds is 5. The minimum atomic E-state index is 0. The van der Waals surface area contributed by atoms with Crippen molar-refractivity contribution in [2.75, 3.05) is 14.2 Å². The maximum Gasteiger partial charge on any atom is 0.193 e. The molecule has 0 unspecified atom stereocenters. The number of aliphatic imine (C=N–C) groups is 1. The fraction of sp³-hybridized carbons (Fsp3) is 0.250. The van der Waals surface area contributed by atoms with Crippen LogP contribution in [0.1, 0.15) is 11.3 Å². The summed E-state index contributed by atoms with van der Waals surface area (Å²) >= 11 is 1.63. The monoisotopic (exact) mass is 457 g/mol. The molecular formula is C16H20IN5OS. The van der Waals surface area contributed by atoms with E-state index in [0.29, 0.717) is 13.1 Å². The third-order valence-corrected chi connectivity index (χ3v) is 4.19. The van der Waals surface area contributed by atoms with E-state index in [-0.39, 0.29) is 24.0 Å². The highest BCUT2D eigenvalue weighted by Crippen LogP contribution is 2.12. The molecular weight excluding hydrogens is 437 g/mol. The summed E-state index contributed by atoms with van der Waals surface area (Å²) in [7, 11) is 3.42. The molecule has 0 spiro atoms. The lowest BCUT2D eigenvalue weighted by molar-refractivity contribution is 0.414. The molecule has 0 aliphatic carbocycles. The van der Waals surface area contributed by atoms with Crippen LogP contribution < -0.4 is 15.4 Å². The van der Waals surface area contributed by atoms with Crippen LogP contribution in [0.3, 0.4) is 0 Å². The number of nitrogens with one attached hydrogen (secondary N) is 2. The summed E-state index contributed by atoms with van der Waals surface area (Å²) in [6.45, 7) is 1.33. The van der Waals surface area contributed by atoms with Crippen LogP contribution in [0.15, 0.2) is 47.0 Å². The molecule has 0 saturated heterocycles. The van der Waals surface area contributed by atoms with E-state index >= 15 is 0 Å². The van der Waals surface area contributed by atoms with E-state index in [0.717, 1.165) is 27.9 Å². The van der Waals surface area contributed by atoms with Crippen LogP contribution in [-0.4, -0.2) is 29.5 Å². The van der Waals surface area contributed by atoms with Crippen molar-refractivity contribution < 1.29 is 4.74 Å². The Morgan fingerprint density at radius 2 is 2.00 bits per heavy atom. The summed E-state index contributed by atoms with van der Waals surface area (Å²) < 4.78 is 7.18. The predicted molar refractivity (Wildman–Crippen MR) is 109 cm³/mol. The highest BCUT2D eigenvalue weighted by Gasteiger charge is 2.04. The molecule has 2 N–H and O–H groups in total. The highest BCUT2D eigenvalue weighted by atomic mass is 127. The second-order valence-corrected chi connectivity index (χ2v) is 5.83. The molecule has 3 rings (SSSR count). The first-order valence-corrected chi connectivity index (χ1v) is 8.15. The fourth-order valence-electron chi connectivity index (χ4n) is 2.19. The zero-order valence-corrected chi connectivity index (χ0v) is 16.7. The Balaban J connectivity index is 0.00000208. The maximum atomic E-state index is 5.16. The molecule has 0 radical (unpaired) electrons. The normalized spacial score (nSPS) is 11.2. The van der Waals surface area contributed by atoms with Gasteiger partial charge in [0.05, 0.1) is 19.3 Å². The van der Waals surface area contributed by atoms with Gasteiger partial charge in [0.15, 0.2) is 10.9 Å². The van der Waals surface area contributed by atoms with Crippen LogP contribution in [0.25, 0.3) is 4.96 Å². The van der Waals surface area contributed by atoms with Crippen LogP contribution in [0.4, 0.5) is 0 Å². The topological polar surface area (TPSA) is 63.0 Å². The number of thiazole rings is 1. The quantitative estimate of drug-likeness (QED) is 0.352. The Bertz CT molecular complexity index is 768. The number of guanidine groups is 1. The molecule has 24 heavy (non-hydrogen) atoms. The lowest BCUT2D eigenvalue weighted by atomic mass is 10.2. The summed E-state index contributed by atoms with van der Waals surface area (Å²) in [5, 5.41) is 8.58. The van der Waals surface area contributed by atoms with Crippen molar-refractivity contribution in [3.8, 4) is 5.75 Å². The second-order valence-electron chi connectivity index (χ2n) is 4.95. The van der Waals surface area contributed by atoms with E-state index in [2.05, 4.69) is 20.6 Å². The fourth-order valence-corrected chi connectivity index (χ4v) is 2.90. The third kappa shape index (κ3) is 4.60. The molecule has 128 valence electrons. The Morgan fingerprint density at radius 3 is 2.67 bits per heavy atom. The molecule has 8 heteroatoms. The Labute approximate surface area is 162 Å². The van der Waals surface area contributed by atoms with Crippen LogP contribution in [0.5, 0.6) is 5.75 Å². The molecule has 2 heterocycles. The molecule has 0 fully saturated rings. The Kier molecular flexibility index (Phi) is 6.85. The average molecular weight is 457 g/mol. The van der Waals surface area contributed by atoms with E-state index in [4.69, 9.17) is 4.74 Å². The van der Waals surface area contributed by atoms with Crippen molar-refractivity contribution >= 4 is 46.2 Å². The number of benzene rings is 1. The summed E-state index contributed by atoms with van der Waals surface area (Å²) in [6, 6.07) is 7.96. The maximum absolute atomic E-state index is 5.16. The molecule has 0 saturated carbocycles. The van der Waals surface area contributed by atoms with E-state index in [1.54, 1.807) is 25.5 Å². The smallest absolute Gasteiger partial charge is 0.193 e. The number of nitrogens with zero attached hydrogens (tertiary/aromatic N) is 3.